The van der Waals surface area contributed by atoms with E-state index in [2.05, 4.69) is 38.8 Å². The number of benzene rings is 1. The van der Waals surface area contributed by atoms with Crippen molar-refractivity contribution in [3.8, 4) is 5.75 Å². The summed E-state index contributed by atoms with van der Waals surface area (Å²) in [6.07, 6.45) is 7.89. The third kappa shape index (κ3) is 4.69. The van der Waals surface area contributed by atoms with E-state index in [0.29, 0.717) is 19.0 Å². The first-order valence-corrected chi connectivity index (χ1v) is 10.6. The highest BCUT2D eigenvalue weighted by molar-refractivity contribution is 5.80. The molecule has 0 spiro atoms. The molecule has 4 rings (SSSR count). The number of anilines is 1. The van der Waals surface area contributed by atoms with Crippen molar-refractivity contribution in [1.82, 2.24) is 14.9 Å². The fourth-order valence-electron chi connectivity index (χ4n) is 4.23. The monoisotopic (exact) mass is 394 g/mol. The highest BCUT2D eigenvalue weighted by atomic mass is 16.5. The van der Waals surface area contributed by atoms with Crippen molar-refractivity contribution in [2.24, 2.45) is 11.8 Å². The Morgan fingerprint density at radius 2 is 1.93 bits per heavy atom. The molecule has 1 aromatic carbocycles. The Morgan fingerprint density at radius 1 is 1.21 bits per heavy atom. The molecule has 1 amide bonds. The van der Waals surface area contributed by atoms with Crippen LogP contribution in [0.4, 0.5) is 5.95 Å². The lowest BCUT2D eigenvalue weighted by Crippen LogP contribution is -2.48. The Morgan fingerprint density at radius 3 is 2.59 bits per heavy atom. The zero-order valence-electron chi connectivity index (χ0n) is 17.3. The van der Waals surface area contributed by atoms with E-state index < -0.39 is 0 Å². The van der Waals surface area contributed by atoms with Crippen molar-refractivity contribution in [1.29, 1.82) is 0 Å². The Hall–Kier alpha value is -2.63. The van der Waals surface area contributed by atoms with Gasteiger partial charge in [0.2, 0.25) is 11.9 Å². The van der Waals surface area contributed by atoms with Crippen LogP contribution >= 0.6 is 0 Å². The number of rotatable bonds is 7. The minimum Gasteiger partial charge on any atom is -0.497 e. The number of aromatic nitrogens is 2. The lowest BCUT2D eigenvalue weighted by atomic mass is 9.95. The minimum atomic E-state index is -0.00740. The van der Waals surface area contributed by atoms with Crippen LogP contribution in [0.5, 0.6) is 5.75 Å². The second-order valence-corrected chi connectivity index (χ2v) is 8.23. The maximum absolute atomic E-state index is 13.6. The summed E-state index contributed by atoms with van der Waals surface area (Å²) in [4.78, 5) is 26.6. The zero-order valence-corrected chi connectivity index (χ0v) is 17.3. The Labute approximate surface area is 172 Å². The number of ether oxygens (including phenoxy) is 1. The standard InChI is InChI=1S/C23H30N4O2/c1-17(19-8-9-19)27(15-18-6-10-21(29-2)11-7-18)22(28)20-5-3-14-26(16-20)23-24-12-4-13-25-23/h4,6-7,10-13,17,19-20H,3,5,8-9,14-16H2,1-2H3. The van der Waals surface area contributed by atoms with Crippen molar-refractivity contribution >= 4 is 11.9 Å². The van der Waals surface area contributed by atoms with E-state index in [1.54, 1.807) is 19.5 Å². The molecule has 1 aliphatic heterocycles. The maximum atomic E-state index is 13.6. The largest absolute Gasteiger partial charge is 0.497 e. The summed E-state index contributed by atoms with van der Waals surface area (Å²) in [6, 6.07) is 10.1. The van der Waals surface area contributed by atoms with E-state index in [-0.39, 0.29) is 17.9 Å². The topological polar surface area (TPSA) is 58.6 Å². The van der Waals surface area contributed by atoms with Crippen molar-refractivity contribution in [3.05, 3.63) is 48.3 Å². The zero-order chi connectivity index (χ0) is 20.2. The number of carbonyl (C=O) groups excluding carboxylic acids is 1. The molecule has 2 fully saturated rings. The van der Waals surface area contributed by atoms with Crippen molar-refractivity contribution in [2.45, 2.75) is 45.2 Å². The number of hydrogen-bond acceptors (Lipinski definition) is 5. The van der Waals surface area contributed by atoms with Crippen LogP contribution in [0.2, 0.25) is 0 Å². The summed E-state index contributed by atoms with van der Waals surface area (Å²) in [7, 11) is 1.67. The predicted octanol–water partition coefficient (Wildman–Crippen LogP) is 3.53. The molecule has 0 radical (unpaired) electrons. The molecule has 0 bridgehead atoms. The second kappa shape index (κ2) is 8.80. The van der Waals surface area contributed by atoms with Gasteiger partial charge in [0, 0.05) is 38.1 Å². The van der Waals surface area contributed by atoms with Crippen LogP contribution < -0.4 is 9.64 Å². The molecule has 1 saturated heterocycles. The van der Waals surface area contributed by atoms with Gasteiger partial charge < -0.3 is 14.5 Å². The van der Waals surface area contributed by atoms with Gasteiger partial charge in [0.05, 0.1) is 13.0 Å². The van der Waals surface area contributed by atoms with Crippen LogP contribution in [-0.4, -0.2) is 47.0 Å². The van der Waals surface area contributed by atoms with Gasteiger partial charge in [-0.15, -0.1) is 0 Å². The molecule has 0 N–H and O–H groups in total. The molecular formula is C23H30N4O2. The quantitative estimate of drug-likeness (QED) is 0.719. The van der Waals surface area contributed by atoms with Crippen molar-refractivity contribution < 1.29 is 9.53 Å². The smallest absolute Gasteiger partial charge is 0.228 e. The number of piperidine rings is 1. The summed E-state index contributed by atoms with van der Waals surface area (Å²) >= 11 is 0. The average molecular weight is 395 g/mol. The third-order valence-corrected chi connectivity index (χ3v) is 6.20. The van der Waals surface area contributed by atoms with Crippen LogP contribution in [0, 0.1) is 11.8 Å². The lowest BCUT2D eigenvalue weighted by molar-refractivity contribution is -0.139. The lowest BCUT2D eigenvalue weighted by Gasteiger charge is -2.37. The fourth-order valence-corrected chi connectivity index (χ4v) is 4.23. The summed E-state index contributed by atoms with van der Waals surface area (Å²) in [5, 5.41) is 0. The van der Waals surface area contributed by atoms with Gasteiger partial charge in [0.25, 0.3) is 0 Å². The third-order valence-electron chi connectivity index (χ3n) is 6.20. The first kappa shape index (κ1) is 19.7. The number of nitrogens with zero attached hydrogens (tertiary/aromatic N) is 4. The highest BCUT2D eigenvalue weighted by Gasteiger charge is 2.38. The molecule has 2 atom stereocenters. The van der Waals surface area contributed by atoms with Gasteiger partial charge in [0.1, 0.15) is 5.75 Å². The second-order valence-electron chi connectivity index (χ2n) is 8.23. The predicted molar refractivity (Wildman–Crippen MR) is 113 cm³/mol. The van der Waals surface area contributed by atoms with Gasteiger partial charge in [-0.3, -0.25) is 4.79 Å². The maximum Gasteiger partial charge on any atom is 0.228 e. The molecular weight excluding hydrogens is 364 g/mol. The van der Waals surface area contributed by atoms with Crippen LogP contribution in [0.25, 0.3) is 0 Å². The molecule has 29 heavy (non-hydrogen) atoms. The summed E-state index contributed by atoms with van der Waals surface area (Å²) in [6.45, 7) is 4.46. The van der Waals surface area contributed by atoms with Gasteiger partial charge in [0.15, 0.2) is 0 Å². The van der Waals surface area contributed by atoms with E-state index in [0.717, 1.165) is 36.6 Å². The van der Waals surface area contributed by atoms with Gasteiger partial charge in [-0.2, -0.15) is 0 Å². The number of methoxy groups -OCH3 is 1. The highest BCUT2D eigenvalue weighted by Crippen LogP contribution is 2.37. The average Bonchev–Trinajstić information content (AvgIpc) is 3.63. The van der Waals surface area contributed by atoms with Crippen LogP contribution in [0.15, 0.2) is 42.7 Å². The van der Waals surface area contributed by atoms with Gasteiger partial charge >= 0.3 is 0 Å². The number of hydrogen-bond donors (Lipinski definition) is 0. The molecule has 154 valence electrons. The molecule has 2 aliphatic rings. The van der Waals surface area contributed by atoms with Crippen LogP contribution in [0.1, 0.15) is 38.2 Å². The molecule has 2 unspecified atom stereocenters. The van der Waals surface area contributed by atoms with E-state index in [4.69, 9.17) is 4.74 Å². The Balaban J connectivity index is 1.49. The van der Waals surface area contributed by atoms with E-state index >= 15 is 0 Å². The summed E-state index contributed by atoms with van der Waals surface area (Å²) in [5.74, 6) is 2.46. The first-order chi connectivity index (χ1) is 14.2. The van der Waals surface area contributed by atoms with E-state index in [1.165, 1.54) is 12.8 Å². The SMILES string of the molecule is COc1ccc(CN(C(=O)C2CCCN(c3ncccn3)C2)C(C)C2CC2)cc1. The Kier molecular flexibility index (Phi) is 5.97. The molecule has 2 aromatic rings. The fraction of sp³-hybridized carbons (Fsp3) is 0.522. The normalized spacial score (nSPS) is 20.2. The minimum absolute atomic E-state index is 0.00740. The molecule has 6 heteroatoms. The van der Waals surface area contributed by atoms with Crippen LogP contribution in [-0.2, 0) is 11.3 Å². The van der Waals surface area contributed by atoms with Gasteiger partial charge in [-0.05, 0) is 62.3 Å². The summed E-state index contributed by atoms with van der Waals surface area (Å²) < 4.78 is 5.27. The van der Waals surface area contributed by atoms with Crippen molar-refractivity contribution in [3.63, 3.8) is 0 Å². The van der Waals surface area contributed by atoms with E-state index in [9.17, 15) is 4.79 Å². The molecule has 1 aromatic heterocycles. The summed E-state index contributed by atoms with van der Waals surface area (Å²) in [5.41, 5.74) is 1.14. The van der Waals surface area contributed by atoms with E-state index in [1.807, 2.05) is 18.2 Å². The number of amides is 1. The molecule has 1 aliphatic carbocycles. The Bertz CT molecular complexity index is 807. The van der Waals surface area contributed by atoms with Crippen LogP contribution in [0.3, 0.4) is 0 Å². The first-order valence-electron chi connectivity index (χ1n) is 10.6. The molecule has 1 saturated carbocycles. The van der Waals surface area contributed by atoms with Gasteiger partial charge in [-0.1, -0.05) is 12.1 Å². The van der Waals surface area contributed by atoms with Gasteiger partial charge in [-0.25, -0.2) is 9.97 Å². The van der Waals surface area contributed by atoms with Crippen molar-refractivity contribution in [2.75, 3.05) is 25.1 Å². The number of carbonyl (C=O) groups is 1. The molecule has 6 nitrogen and oxygen atoms in total. The molecule has 2 heterocycles.